The summed E-state index contributed by atoms with van der Waals surface area (Å²) in [6, 6.07) is 13.6. The van der Waals surface area contributed by atoms with Crippen molar-refractivity contribution in [1.29, 1.82) is 0 Å². The number of hydrogen-bond acceptors (Lipinski definition) is 2. The highest BCUT2D eigenvalue weighted by Crippen LogP contribution is 2.21. The second-order valence-corrected chi connectivity index (χ2v) is 5.00. The maximum Gasteiger partial charge on any atom is 0.253 e. The molecule has 1 amide bonds. The number of rotatable bonds is 3. The number of carbonyl (C=O) groups excluding carboxylic acids is 2. The zero-order valence-corrected chi connectivity index (χ0v) is 12.0. The van der Waals surface area contributed by atoms with Crippen molar-refractivity contribution in [1.82, 2.24) is 4.90 Å². The summed E-state index contributed by atoms with van der Waals surface area (Å²) in [6.45, 7) is 0. The minimum absolute atomic E-state index is 0.148. The van der Waals surface area contributed by atoms with Crippen LogP contribution in [-0.4, -0.2) is 30.7 Å². The second kappa shape index (κ2) is 5.88. The van der Waals surface area contributed by atoms with E-state index in [9.17, 15) is 9.59 Å². The SMILES string of the molecule is CN(C)C(=O)c1ccc(C(=O)c2ccccc2)c(Cl)c1. The van der Waals surface area contributed by atoms with Crippen molar-refractivity contribution in [2.45, 2.75) is 0 Å². The van der Waals surface area contributed by atoms with Crippen LogP contribution in [0.2, 0.25) is 5.02 Å². The third kappa shape index (κ3) is 2.89. The molecule has 0 aliphatic rings. The number of benzene rings is 2. The van der Waals surface area contributed by atoms with Gasteiger partial charge in [0, 0.05) is 30.8 Å². The quantitative estimate of drug-likeness (QED) is 0.813. The van der Waals surface area contributed by atoms with Crippen LogP contribution in [-0.2, 0) is 0 Å². The molecule has 0 radical (unpaired) electrons. The third-order valence-electron chi connectivity index (χ3n) is 2.90. The van der Waals surface area contributed by atoms with Crippen LogP contribution in [0.4, 0.5) is 0 Å². The average molecular weight is 288 g/mol. The Labute approximate surface area is 122 Å². The molecule has 0 aromatic heterocycles. The number of nitrogens with zero attached hydrogens (tertiary/aromatic N) is 1. The third-order valence-corrected chi connectivity index (χ3v) is 3.22. The lowest BCUT2D eigenvalue weighted by Gasteiger charge is -2.11. The van der Waals surface area contributed by atoms with Gasteiger partial charge in [-0.25, -0.2) is 0 Å². The van der Waals surface area contributed by atoms with E-state index in [2.05, 4.69) is 0 Å². The van der Waals surface area contributed by atoms with E-state index in [1.807, 2.05) is 6.07 Å². The predicted octanol–water partition coefficient (Wildman–Crippen LogP) is 3.27. The van der Waals surface area contributed by atoms with Gasteiger partial charge in [0.1, 0.15) is 0 Å². The first-order valence-electron chi connectivity index (χ1n) is 6.11. The van der Waals surface area contributed by atoms with E-state index in [1.54, 1.807) is 50.5 Å². The van der Waals surface area contributed by atoms with Crippen LogP contribution >= 0.6 is 11.6 Å². The molecule has 4 heteroatoms. The summed E-state index contributed by atoms with van der Waals surface area (Å²) in [5.74, 6) is -0.301. The Hall–Kier alpha value is -2.13. The van der Waals surface area contributed by atoms with Crippen LogP contribution in [0.1, 0.15) is 26.3 Å². The molecule has 2 rings (SSSR count). The maximum absolute atomic E-state index is 12.3. The summed E-state index contributed by atoms with van der Waals surface area (Å²) in [6.07, 6.45) is 0. The van der Waals surface area contributed by atoms with Gasteiger partial charge in [-0.3, -0.25) is 9.59 Å². The van der Waals surface area contributed by atoms with Crippen molar-refractivity contribution >= 4 is 23.3 Å². The van der Waals surface area contributed by atoms with E-state index in [1.165, 1.54) is 11.0 Å². The summed E-state index contributed by atoms with van der Waals surface area (Å²) in [7, 11) is 3.33. The van der Waals surface area contributed by atoms with Crippen LogP contribution in [0.15, 0.2) is 48.5 Å². The van der Waals surface area contributed by atoms with Gasteiger partial charge in [0.25, 0.3) is 5.91 Å². The van der Waals surface area contributed by atoms with E-state index in [0.29, 0.717) is 16.7 Å². The predicted molar refractivity (Wildman–Crippen MR) is 79.3 cm³/mol. The van der Waals surface area contributed by atoms with Gasteiger partial charge in [0.05, 0.1) is 5.02 Å². The Morgan fingerprint density at radius 3 is 2.15 bits per heavy atom. The van der Waals surface area contributed by atoms with Crippen molar-refractivity contribution in [3.63, 3.8) is 0 Å². The fraction of sp³-hybridized carbons (Fsp3) is 0.125. The van der Waals surface area contributed by atoms with Gasteiger partial charge in [0.2, 0.25) is 0 Å². The van der Waals surface area contributed by atoms with Gasteiger partial charge in [-0.1, -0.05) is 41.9 Å². The topological polar surface area (TPSA) is 37.4 Å². The normalized spacial score (nSPS) is 10.2. The van der Waals surface area contributed by atoms with Crippen LogP contribution in [0.25, 0.3) is 0 Å². The van der Waals surface area contributed by atoms with Gasteiger partial charge < -0.3 is 4.90 Å². The monoisotopic (exact) mass is 287 g/mol. The molecule has 0 unspecified atom stereocenters. The Balaban J connectivity index is 2.36. The van der Waals surface area contributed by atoms with E-state index >= 15 is 0 Å². The number of halogens is 1. The van der Waals surface area contributed by atoms with Crippen molar-refractivity contribution < 1.29 is 9.59 Å². The van der Waals surface area contributed by atoms with Crippen molar-refractivity contribution in [2.75, 3.05) is 14.1 Å². The Morgan fingerprint density at radius 2 is 1.60 bits per heavy atom. The lowest BCUT2D eigenvalue weighted by molar-refractivity contribution is 0.0827. The van der Waals surface area contributed by atoms with E-state index in [4.69, 9.17) is 11.6 Å². The molecule has 0 aliphatic carbocycles. The fourth-order valence-electron chi connectivity index (χ4n) is 1.84. The summed E-state index contributed by atoms with van der Waals surface area (Å²) in [5, 5.41) is 0.284. The summed E-state index contributed by atoms with van der Waals surface area (Å²) < 4.78 is 0. The largest absolute Gasteiger partial charge is 0.345 e. The van der Waals surface area contributed by atoms with Crippen LogP contribution in [0.3, 0.4) is 0 Å². The molecule has 0 heterocycles. The summed E-state index contributed by atoms with van der Waals surface area (Å²) in [5.41, 5.74) is 1.43. The van der Waals surface area contributed by atoms with Crippen molar-refractivity contribution in [3.05, 3.63) is 70.2 Å². The lowest BCUT2D eigenvalue weighted by atomic mass is 10.0. The highest BCUT2D eigenvalue weighted by Gasteiger charge is 2.15. The molecule has 0 saturated carbocycles. The Morgan fingerprint density at radius 1 is 0.950 bits per heavy atom. The molecule has 102 valence electrons. The average Bonchev–Trinajstić information content (AvgIpc) is 2.46. The van der Waals surface area contributed by atoms with Crippen LogP contribution < -0.4 is 0 Å². The zero-order chi connectivity index (χ0) is 14.7. The standard InChI is InChI=1S/C16H14ClNO2/c1-18(2)16(20)12-8-9-13(14(17)10-12)15(19)11-6-4-3-5-7-11/h3-10H,1-2H3. The first-order chi connectivity index (χ1) is 9.50. The van der Waals surface area contributed by atoms with Gasteiger partial charge in [-0.05, 0) is 18.2 Å². The molecule has 2 aromatic carbocycles. The zero-order valence-electron chi connectivity index (χ0n) is 11.3. The first kappa shape index (κ1) is 14.3. The molecule has 0 N–H and O–H groups in total. The molecule has 0 atom stereocenters. The van der Waals surface area contributed by atoms with Crippen molar-refractivity contribution in [2.24, 2.45) is 0 Å². The maximum atomic E-state index is 12.3. The summed E-state index contributed by atoms with van der Waals surface area (Å²) in [4.78, 5) is 25.6. The molecule has 0 saturated heterocycles. The second-order valence-electron chi connectivity index (χ2n) is 4.59. The minimum atomic E-state index is -0.153. The number of carbonyl (C=O) groups is 2. The number of ketones is 1. The highest BCUT2D eigenvalue weighted by atomic mass is 35.5. The van der Waals surface area contributed by atoms with Gasteiger partial charge in [-0.2, -0.15) is 0 Å². The molecule has 0 fully saturated rings. The molecular weight excluding hydrogens is 274 g/mol. The van der Waals surface area contributed by atoms with Gasteiger partial charge in [-0.15, -0.1) is 0 Å². The molecule has 0 aliphatic heterocycles. The molecule has 20 heavy (non-hydrogen) atoms. The van der Waals surface area contributed by atoms with E-state index in [0.717, 1.165) is 0 Å². The van der Waals surface area contributed by atoms with Gasteiger partial charge >= 0.3 is 0 Å². The Kier molecular flexibility index (Phi) is 4.20. The minimum Gasteiger partial charge on any atom is -0.345 e. The molecule has 0 spiro atoms. The van der Waals surface area contributed by atoms with Gasteiger partial charge in [0.15, 0.2) is 5.78 Å². The number of hydrogen-bond donors (Lipinski definition) is 0. The molecule has 3 nitrogen and oxygen atoms in total. The highest BCUT2D eigenvalue weighted by molar-refractivity contribution is 6.35. The van der Waals surface area contributed by atoms with E-state index < -0.39 is 0 Å². The summed E-state index contributed by atoms with van der Waals surface area (Å²) >= 11 is 6.13. The lowest BCUT2D eigenvalue weighted by Crippen LogP contribution is -2.21. The van der Waals surface area contributed by atoms with Crippen LogP contribution in [0.5, 0.6) is 0 Å². The molecule has 2 aromatic rings. The molecular formula is C16H14ClNO2. The van der Waals surface area contributed by atoms with Crippen LogP contribution in [0, 0.1) is 0 Å². The van der Waals surface area contributed by atoms with E-state index in [-0.39, 0.29) is 16.7 Å². The van der Waals surface area contributed by atoms with Crippen molar-refractivity contribution in [3.8, 4) is 0 Å². The first-order valence-corrected chi connectivity index (χ1v) is 6.49. The fourth-order valence-corrected chi connectivity index (χ4v) is 2.10. The smallest absolute Gasteiger partial charge is 0.253 e. The molecule has 0 bridgehead atoms. The number of amides is 1. The Bertz CT molecular complexity index is 651.